The van der Waals surface area contributed by atoms with Crippen LogP contribution in [0.15, 0.2) is 30.3 Å². The van der Waals surface area contributed by atoms with Gasteiger partial charge >= 0.3 is 12.1 Å². The van der Waals surface area contributed by atoms with Crippen molar-refractivity contribution in [3.05, 3.63) is 35.9 Å². The Morgan fingerprint density at radius 2 is 1.89 bits per heavy atom. The maximum absolute atomic E-state index is 11.7. The Bertz CT molecular complexity index is 404. The maximum Gasteiger partial charge on any atom is 0.325 e. The number of benzene rings is 1. The Hall–Kier alpha value is -2.04. The summed E-state index contributed by atoms with van der Waals surface area (Å²) in [5, 5.41) is 2.68. The summed E-state index contributed by atoms with van der Waals surface area (Å²) in [5.74, 6) is 0. The molecule has 0 spiro atoms. The Morgan fingerprint density at radius 3 is 2.39 bits per heavy atom. The molecule has 0 saturated carbocycles. The molecular formula is C13H19N3O2. The Kier molecular flexibility index (Phi) is 5.17. The fourth-order valence-electron chi connectivity index (χ4n) is 1.63. The molecule has 5 heteroatoms. The summed E-state index contributed by atoms with van der Waals surface area (Å²) in [7, 11) is 0. The molecule has 1 aromatic rings. The van der Waals surface area contributed by atoms with Gasteiger partial charge in [0, 0.05) is 12.6 Å². The zero-order valence-electron chi connectivity index (χ0n) is 10.7. The third-order valence-electron chi connectivity index (χ3n) is 2.51. The van der Waals surface area contributed by atoms with Gasteiger partial charge in [0.2, 0.25) is 0 Å². The van der Waals surface area contributed by atoms with E-state index in [1.165, 1.54) is 0 Å². The highest BCUT2D eigenvalue weighted by Gasteiger charge is 2.21. The highest BCUT2D eigenvalue weighted by Crippen LogP contribution is 2.00. The lowest BCUT2D eigenvalue weighted by atomic mass is 10.1. The van der Waals surface area contributed by atoms with Crippen LogP contribution in [0, 0.1) is 0 Å². The SMILES string of the molecule is CC(C)N(C(N)=O)C(=O)NCCc1ccccc1. The molecule has 4 amide bonds. The molecule has 0 unspecified atom stereocenters. The van der Waals surface area contributed by atoms with E-state index in [-0.39, 0.29) is 6.04 Å². The Labute approximate surface area is 107 Å². The number of hydrogen-bond donors (Lipinski definition) is 2. The first-order valence-electron chi connectivity index (χ1n) is 5.92. The van der Waals surface area contributed by atoms with E-state index in [1.807, 2.05) is 30.3 Å². The molecule has 18 heavy (non-hydrogen) atoms. The molecule has 0 aliphatic rings. The molecule has 3 N–H and O–H groups in total. The number of nitrogens with zero attached hydrogens (tertiary/aromatic N) is 1. The highest BCUT2D eigenvalue weighted by molar-refractivity contribution is 5.93. The van der Waals surface area contributed by atoms with Crippen molar-refractivity contribution in [3.63, 3.8) is 0 Å². The van der Waals surface area contributed by atoms with E-state index in [0.717, 1.165) is 16.9 Å². The van der Waals surface area contributed by atoms with Crippen LogP contribution in [0.4, 0.5) is 9.59 Å². The van der Waals surface area contributed by atoms with Crippen molar-refractivity contribution in [1.82, 2.24) is 10.2 Å². The zero-order valence-corrected chi connectivity index (χ0v) is 10.7. The summed E-state index contributed by atoms with van der Waals surface area (Å²) in [6.07, 6.45) is 0.720. The lowest BCUT2D eigenvalue weighted by Gasteiger charge is -2.22. The predicted molar refractivity (Wildman–Crippen MR) is 70.1 cm³/mol. The summed E-state index contributed by atoms with van der Waals surface area (Å²) < 4.78 is 0. The molecule has 1 rings (SSSR count). The minimum atomic E-state index is -0.734. The van der Waals surface area contributed by atoms with Crippen molar-refractivity contribution < 1.29 is 9.59 Å². The monoisotopic (exact) mass is 249 g/mol. The second-order valence-electron chi connectivity index (χ2n) is 4.27. The lowest BCUT2D eigenvalue weighted by molar-refractivity contribution is 0.181. The number of imide groups is 1. The number of primary amides is 1. The number of nitrogens with one attached hydrogen (secondary N) is 1. The lowest BCUT2D eigenvalue weighted by Crippen LogP contribution is -2.50. The molecule has 0 radical (unpaired) electrons. The topological polar surface area (TPSA) is 75.4 Å². The average molecular weight is 249 g/mol. The normalized spacial score (nSPS) is 10.2. The van der Waals surface area contributed by atoms with Gasteiger partial charge in [-0.1, -0.05) is 30.3 Å². The third kappa shape index (κ3) is 4.08. The first-order valence-corrected chi connectivity index (χ1v) is 5.92. The van der Waals surface area contributed by atoms with Crippen LogP contribution in [0.3, 0.4) is 0 Å². The van der Waals surface area contributed by atoms with Gasteiger partial charge in [-0.2, -0.15) is 0 Å². The van der Waals surface area contributed by atoms with E-state index in [0.29, 0.717) is 6.54 Å². The molecule has 0 aliphatic heterocycles. The predicted octanol–water partition coefficient (Wildman–Crippen LogP) is 1.73. The highest BCUT2D eigenvalue weighted by atomic mass is 16.2. The van der Waals surface area contributed by atoms with E-state index >= 15 is 0 Å². The van der Waals surface area contributed by atoms with Gasteiger partial charge in [-0.25, -0.2) is 14.5 Å². The molecule has 0 saturated heterocycles. The van der Waals surface area contributed by atoms with Crippen molar-refractivity contribution in [2.75, 3.05) is 6.54 Å². The zero-order chi connectivity index (χ0) is 13.5. The van der Waals surface area contributed by atoms with Crippen LogP contribution < -0.4 is 11.1 Å². The quantitative estimate of drug-likeness (QED) is 0.852. The number of amides is 4. The number of rotatable bonds is 4. The Morgan fingerprint density at radius 1 is 1.28 bits per heavy atom. The fourth-order valence-corrected chi connectivity index (χ4v) is 1.63. The summed E-state index contributed by atoms with van der Waals surface area (Å²) in [6.45, 7) is 3.95. The van der Waals surface area contributed by atoms with E-state index < -0.39 is 12.1 Å². The second-order valence-corrected chi connectivity index (χ2v) is 4.27. The summed E-state index contributed by atoms with van der Waals surface area (Å²) in [6, 6.07) is 8.37. The van der Waals surface area contributed by atoms with Gasteiger partial charge in [0.1, 0.15) is 0 Å². The molecule has 0 fully saturated rings. The number of hydrogen-bond acceptors (Lipinski definition) is 2. The number of nitrogens with two attached hydrogens (primary N) is 1. The average Bonchev–Trinajstić information content (AvgIpc) is 2.29. The van der Waals surface area contributed by atoms with Crippen LogP contribution in [0.2, 0.25) is 0 Å². The van der Waals surface area contributed by atoms with Gasteiger partial charge in [-0.05, 0) is 25.8 Å². The van der Waals surface area contributed by atoms with Crippen LogP contribution in [-0.4, -0.2) is 29.5 Å². The van der Waals surface area contributed by atoms with Crippen molar-refractivity contribution >= 4 is 12.1 Å². The molecular weight excluding hydrogens is 230 g/mol. The Balaban J connectivity index is 2.43. The standard InChI is InChI=1S/C13H19N3O2/c1-10(2)16(12(14)17)13(18)15-9-8-11-6-4-3-5-7-11/h3-7,10H,8-9H2,1-2H3,(H2,14,17)(H,15,18). The van der Waals surface area contributed by atoms with E-state index in [1.54, 1.807) is 13.8 Å². The minimum Gasteiger partial charge on any atom is -0.351 e. The molecule has 1 aromatic carbocycles. The van der Waals surface area contributed by atoms with Gasteiger partial charge < -0.3 is 11.1 Å². The van der Waals surface area contributed by atoms with Gasteiger partial charge in [0.25, 0.3) is 0 Å². The van der Waals surface area contributed by atoms with Crippen LogP contribution in [0.1, 0.15) is 19.4 Å². The minimum absolute atomic E-state index is 0.251. The molecule has 0 atom stereocenters. The maximum atomic E-state index is 11.7. The van der Waals surface area contributed by atoms with E-state index in [4.69, 9.17) is 5.73 Å². The van der Waals surface area contributed by atoms with Gasteiger partial charge in [0.05, 0.1) is 0 Å². The summed E-state index contributed by atoms with van der Waals surface area (Å²) in [4.78, 5) is 23.8. The number of carbonyl (C=O) groups excluding carboxylic acids is 2. The van der Waals surface area contributed by atoms with Crippen LogP contribution in [0.5, 0.6) is 0 Å². The molecule has 0 bridgehead atoms. The van der Waals surface area contributed by atoms with Gasteiger partial charge in [0.15, 0.2) is 0 Å². The van der Waals surface area contributed by atoms with Crippen LogP contribution in [-0.2, 0) is 6.42 Å². The van der Waals surface area contributed by atoms with Crippen molar-refractivity contribution in [3.8, 4) is 0 Å². The van der Waals surface area contributed by atoms with Gasteiger partial charge in [-0.3, -0.25) is 0 Å². The molecule has 0 heterocycles. The second kappa shape index (κ2) is 6.64. The number of urea groups is 2. The van der Waals surface area contributed by atoms with E-state index in [2.05, 4.69) is 5.32 Å². The fraction of sp³-hybridized carbons (Fsp3) is 0.385. The van der Waals surface area contributed by atoms with Crippen LogP contribution >= 0.6 is 0 Å². The van der Waals surface area contributed by atoms with Crippen molar-refractivity contribution in [2.24, 2.45) is 5.73 Å². The first-order chi connectivity index (χ1) is 8.52. The summed E-state index contributed by atoms with van der Waals surface area (Å²) >= 11 is 0. The summed E-state index contributed by atoms with van der Waals surface area (Å²) in [5.41, 5.74) is 6.28. The van der Waals surface area contributed by atoms with E-state index in [9.17, 15) is 9.59 Å². The molecule has 0 aliphatic carbocycles. The molecule has 5 nitrogen and oxygen atoms in total. The molecule has 0 aromatic heterocycles. The van der Waals surface area contributed by atoms with Crippen molar-refractivity contribution in [1.29, 1.82) is 0 Å². The third-order valence-corrected chi connectivity index (χ3v) is 2.51. The van der Waals surface area contributed by atoms with Gasteiger partial charge in [-0.15, -0.1) is 0 Å². The molecule has 98 valence electrons. The van der Waals surface area contributed by atoms with Crippen LogP contribution in [0.25, 0.3) is 0 Å². The largest absolute Gasteiger partial charge is 0.351 e. The smallest absolute Gasteiger partial charge is 0.325 e. The van der Waals surface area contributed by atoms with Crippen molar-refractivity contribution in [2.45, 2.75) is 26.3 Å². The first kappa shape index (κ1) is 14.0. The number of carbonyl (C=O) groups is 2.